The molecule has 0 amide bonds. The van der Waals surface area contributed by atoms with E-state index in [9.17, 15) is 0 Å². The Kier molecular flexibility index (Phi) is 14.8. The minimum Gasteiger partial charge on any atom is -1.00 e. The van der Waals surface area contributed by atoms with Gasteiger partial charge in [-0.3, -0.25) is 0 Å². The Morgan fingerprint density at radius 1 is 1.29 bits per heavy atom. The molecule has 0 saturated carbocycles. The second-order valence-corrected chi connectivity index (χ2v) is 1.54. The molecule has 37 valence electrons. The third kappa shape index (κ3) is 62.1. The minimum absolute atomic E-state index is 0. The molecule has 0 atom stereocenters. The largest absolute Gasteiger partial charge is 1.00 e. The topological polar surface area (TPSA) is 77.8 Å². The quantitative estimate of drug-likeness (QED) is 0.308. The first-order chi connectivity index (χ1) is 2.00. The van der Waals surface area contributed by atoms with Crippen LogP contribution in [0.5, 0.6) is 0 Å². The molecule has 0 aliphatic carbocycles. The van der Waals surface area contributed by atoms with Gasteiger partial charge in [-0.15, -0.1) is 0 Å². The summed E-state index contributed by atoms with van der Waals surface area (Å²) in [6.07, 6.45) is 0. The van der Waals surface area contributed by atoms with E-state index in [0.717, 1.165) is 0 Å². The van der Waals surface area contributed by atoms with Gasteiger partial charge >= 0.3 is 37.4 Å². The van der Waals surface area contributed by atoms with E-state index in [2.05, 4.69) is 0 Å². The van der Waals surface area contributed by atoms with Gasteiger partial charge in [0.15, 0.2) is 0 Å². The van der Waals surface area contributed by atoms with Gasteiger partial charge in [0.05, 0.1) is 0 Å². The molecular formula is H4LaNaO4P. The zero-order valence-electron chi connectivity index (χ0n) is 4.77. The first-order valence-corrected chi connectivity index (χ1v) is 2.35. The fraction of sp³-hybridized carbons (Fsp3) is 0. The van der Waals surface area contributed by atoms with Crippen molar-refractivity contribution < 1.29 is 85.8 Å². The molecule has 0 saturated heterocycles. The number of hydrogen-bond donors (Lipinski definition) is 3. The van der Waals surface area contributed by atoms with Crippen LogP contribution in [0.15, 0.2) is 0 Å². The van der Waals surface area contributed by atoms with Gasteiger partial charge < -0.3 is 16.1 Å². The second-order valence-electron chi connectivity index (χ2n) is 0.513. The molecule has 0 aliphatic rings. The third-order valence-corrected chi connectivity index (χ3v) is 0. The van der Waals surface area contributed by atoms with Crippen molar-refractivity contribution in [3.8, 4) is 0 Å². The Hall–Kier alpha value is 2.30. The van der Waals surface area contributed by atoms with Gasteiger partial charge in [-0.1, -0.05) is 0 Å². The Morgan fingerprint density at radius 2 is 1.29 bits per heavy atom. The molecule has 0 bridgehead atoms. The van der Waals surface area contributed by atoms with Crippen LogP contribution < -0.4 is 29.6 Å². The Bertz CT molecular complexity index is 62.2. The van der Waals surface area contributed by atoms with E-state index < -0.39 is 7.82 Å². The molecule has 1 radical (unpaired) electrons. The summed E-state index contributed by atoms with van der Waals surface area (Å²) in [5.41, 5.74) is 0. The molecule has 0 spiro atoms. The van der Waals surface area contributed by atoms with E-state index in [0.29, 0.717) is 0 Å². The van der Waals surface area contributed by atoms with Crippen LogP contribution in [0.4, 0.5) is 0 Å². The smallest absolute Gasteiger partial charge is 1.00 e. The minimum atomic E-state index is -4.64. The molecule has 4 nitrogen and oxygen atoms in total. The molecule has 0 aliphatic heterocycles. The van der Waals surface area contributed by atoms with Crippen LogP contribution in [0.3, 0.4) is 0 Å². The molecule has 0 unspecified atom stereocenters. The molecule has 7 heavy (non-hydrogen) atoms. The first kappa shape index (κ1) is 16.1. The van der Waals surface area contributed by atoms with E-state index in [1.807, 2.05) is 0 Å². The molecular weight excluding hydrogens is 257 g/mol. The SMILES string of the molecule is O=P(O)(O)O.[H-].[La].[Na+]. The monoisotopic (exact) mass is 261 g/mol. The van der Waals surface area contributed by atoms with Crippen LogP contribution in [0.2, 0.25) is 0 Å². The maximum absolute atomic E-state index is 8.88. The number of phosphoric acid groups is 1. The zero-order valence-corrected chi connectivity index (χ0v) is 10.3. The molecule has 7 heteroatoms. The van der Waals surface area contributed by atoms with Crippen LogP contribution in [0.25, 0.3) is 0 Å². The fourth-order valence-corrected chi connectivity index (χ4v) is 0. The van der Waals surface area contributed by atoms with Crippen LogP contribution in [0.1, 0.15) is 1.43 Å². The summed E-state index contributed by atoms with van der Waals surface area (Å²) >= 11 is 0. The summed E-state index contributed by atoms with van der Waals surface area (Å²) in [5.74, 6) is 0. The average molecular weight is 261 g/mol. The molecule has 0 aromatic heterocycles. The van der Waals surface area contributed by atoms with E-state index in [4.69, 9.17) is 19.2 Å². The molecule has 0 heterocycles. The van der Waals surface area contributed by atoms with Gasteiger partial charge in [-0.2, -0.15) is 0 Å². The molecule has 0 aromatic carbocycles. The van der Waals surface area contributed by atoms with Gasteiger partial charge in [0.2, 0.25) is 0 Å². The van der Waals surface area contributed by atoms with Gasteiger partial charge in [0.1, 0.15) is 0 Å². The number of rotatable bonds is 0. The van der Waals surface area contributed by atoms with Crippen molar-refractivity contribution in [1.82, 2.24) is 0 Å². The maximum atomic E-state index is 8.88. The standard InChI is InChI=1S/La.Na.H3O4P.H/c;;1-5(2,3)4;/h;;(H3,1,2,3,4);/q;+1;;-1. The third-order valence-electron chi connectivity index (χ3n) is 0. The Labute approximate surface area is 92.3 Å². The van der Waals surface area contributed by atoms with Gasteiger partial charge in [0.25, 0.3) is 0 Å². The van der Waals surface area contributed by atoms with Crippen LogP contribution in [-0.2, 0) is 4.57 Å². The van der Waals surface area contributed by atoms with Gasteiger partial charge in [0, 0.05) is 35.6 Å². The van der Waals surface area contributed by atoms with E-state index in [-0.39, 0.29) is 66.6 Å². The van der Waals surface area contributed by atoms with E-state index in [1.54, 1.807) is 0 Å². The summed E-state index contributed by atoms with van der Waals surface area (Å²) in [6, 6.07) is 0. The second kappa shape index (κ2) is 6.43. The van der Waals surface area contributed by atoms with Crippen LogP contribution in [0, 0.1) is 35.6 Å². The maximum Gasteiger partial charge on any atom is 1.00 e. The molecule has 3 N–H and O–H groups in total. The summed E-state index contributed by atoms with van der Waals surface area (Å²) in [7, 11) is -4.64. The predicted octanol–water partition coefficient (Wildman–Crippen LogP) is -3.81. The van der Waals surface area contributed by atoms with Crippen molar-refractivity contribution in [1.29, 1.82) is 0 Å². The first-order valence-electron chi connectivity index (χ1n) is 0.783. The Morgan fingerprint density at radius 3 is 1.29 bits per heavy atom. The molecule has 0 aromatic rings. The summed E-state index contributed by atoms with van der Waals surface area (Å²) in [6.45, 7) is 0. The molecule has 0 fully saturated rings. The van der Waals surface area contributed by atoms with Crippen LogP contribution in [-0.4, -0.2) is 14.7 Å². The van der Waals surface area contributed by atoms with Crippen molar-refractivity contribution in [3.05, 3.63) is 0 Å². The molecule has 0 rings (SSSR count). The predicted molar refractivity (Wildman–Crippen MR) is 15.4 cm³/mol. The Balaban J connectivity index is -0.0000000267. The number of hydrogen-bond acceptors (Lipinski definition) is 1. The fourth-order valence-electron chi connectivity index (χ4n) is 0. The van der Waals surface area contributed by atoms with E-state index >= 15 is 0 Å². The average Bonchev–Trinajstić information content (AvgIpc) is 0.722. The van der Waals surface area contributed by atoms with Gasteiger partial charge in [-0.25, -0.2) is 4.57 Å². The van der Waals surface area contributed by atoms with Crippen molar-refractivity contribution >= 4 is 7.82 Å². The zero-order chi connectivity index (χ0) is 4.50. The van der Waals surface area contributed by atoms with Crippen molar-refractivity contribution in [2.75, 3.05) is 0 Å². The van der Waals surface area contributed by atoms with E-state index in [1.165, 1.54) is 0 Å². The van der Waals surface area contributed by atoms with Crippen molar-refractivity contribution in [2.45, 2.75) is 0 Å². The van der Waals surface area contributed by atoms with Gasteiger partial charge in [-0.05, 0) is 0 Å². The van der Waals surface area contributed by atoms with Crippen molar-refractivity contribution in [2.24, 2.45) is 0 Å². The normalized spacial score (nSPS) is 8.43. The summed E-state index contributed by atoms with van der Waals surface area (Å²) in [4.78, 5) is 21.6. The summed E-state index contributed by atoms with van der Waals surface area (Å²) < 4.78 is 8.88. The summed E-state index contributed by atoms with van der Waals surface area (Å²) in [5, 5.41) is 0. The van der Waals surface area contributed by atoms with Crippen molar-refractivity contribution in [3.63, 3.8) is 0 Å². The van der Waals surface area contributed by atoms with Crippen LogP contribution >= 0.6 is 7.82 Å².